The van der Waals surface area contributed by atoms with Crippen molar-refractivity contribution in [3.05, 3.63) is 28.4 Å². The number of piperidine rings is 1. The molecule has 2 N–H and O–H groups in total. The zero-order valence-corrected chi connectivity index (χ0v) is 9.82. The smallest absolute Gasteiger partial charge is 0.363 e. The summed E-state index contributed by atoms with van der Waals surface area (Å²) < 4.78 is 0. The summed E-state index contributed by atoms with van der Waals surface area (Å²) in [4.78, 5) is 15.7. The number of hydrogen-bond donors (Lipinski definition) is 2. The lowest BCUT2D eigenvalue weighted by Gasteiger charge is -2.37. The molecule has 0 bridgehead atoms. The maximum atomic E-state index is 10.5. The van der Waals surface area contributed by atoms with Gasteiger partial charge in [-0.15, -0.1) is 0 Å². The van der Waals surface area contributed by atoms with Gasteiger partial charge in [0.2, 0.25) is 0 Å². The highest BCUT2D eigenvalue weighted by Gasteiger charge is 2.31. The van der Waals surface area contributed by atoms with Gasteiger partial charge in [-0.3, -0.25) is 0 Å². The van der Waals surface area contributed by atoms with E-state index in [1.165, 1.54) is 12.3 Å². The first-order chi connectivity index (χ1) is 8.54. The highest BCUT2D eigenvalue weighted by molar-refractivity contribution is 5.47. The van der Waals surface area contributed by atoms with E-state index in [9.17, 15) is 15.2 Å². The van der Waals surface area contributed by atoms with Crippen LogP contribution in [0, 0.1) is 10.1 Å². The number of aromatic nitrogens is 1. The Balaban J connectivity index is 2.03. The lowest BCUT2D eigenvalue weighted by atomic mass is 9.92. The Morgan fingerprint density at radius 2 is 2.11 bits per heavy atom. The van der Waals surface area contributed by atoms with Crippen molar-refractivity contribution in [2.75, 3.05) is 24.6 Å². The number of hydrogen-bond acceptors (Lipinski definition) is 6. The Kier molecular flexibility index (Phi) is 3.44. The Morgan fingerprint density at radius 3 is 2.56 bits per heavy atom. The molecular formula is C11H15N3O4. The first-order valence-corrected chi connectivity index (χ1v) is 5.73. The van der Waals surface area contributed by atoms with E-state index in [0.29, 0.717) is 25.9 Å². The molecule has 0 spiro atoms. The van der Waals surface area contributed by atoms with Crippen molar-refractivity contribution in [1.82, 2.24) is 4.98 Å². The molecule has 0 saturated carbocycles. The molecule has 1 aromatic heterocycles. The third-order valence-corrected chi connectivity index (χ3v) is 3.27. The second-order valence-corrected chi connectivity index (χ2v) is 4.50. The van der Waals surface area contributed by atoms with Gasteiger partial charge in [0.15, 0.2) is 6.20 Å². The molecule has 0 amide bonds. The minimum absolute atomic E-state index is 0.178. The van der Waals surface area contributed by atoms with Crippen LogP contribution in [-0.4, -0.2) is 45.4 Å². The summed E-state index contributed by atoms with van der Waals surface area (Å²) in [5.74, 6) is -0.178. The Bertz CT molecular complexity index is 426. The zero-order chi connectivity index (χ0) is 13.2. The third kappa shape index (κ3) is 2.57. The number of anilines is 1. The minimum Gasteiger partial charge on any atom is -0.393 e. The van der Waals surface area contributed by atoms with Gasteiger partial charge in [-0.2, -0.15) is 0 Å². The molecule has 1 aliphatic heterocycles. The van der Waals surface area contributed by atoms with E-state index in [4.69, 9.17) is 5.11 Å². The van der Waals surface area contributed by atoms with Crippen molar-refractivity contribution in [1.29, 1.82) is 0 Å². The number of rotatable bonds is 3. The van der Waals surface area contributed by atoms with Crippen molar-refractivity contribution >= 4 is 11.5 Å². The summed E-state index contributed by atoms with van der Waals surface area (Å²) in [6.07, 6.45) is 2.41. The third-order valence-electron chi connectivity index (χ3n) is 3.27. The fourth-order valence-electron chi connectivity index (χ4n) is 2.01. The van der Waals surface area contributed by atoms with Crippen LogP contribution in [0.1, 0.15) is 12.8 Å². The molecule has 0 aliphatic carbocycles. The summed E-state index contributed by atoms with van der Waals surface area (Å²) >= 11 is 0. The van der Waals surface area contributed by atoms with E-state index in [-0.39, 0.29) is 12.4 Å². The second-order valence-electron chi connectivity index (χ2n) is 4.50. The topological polar surface area (TPSA) is 99.7 Å². The van der Waals surface area contributed by atoms with Crippen LogP contribution in [-0.2, 0) is 0 Å². The molecule has 2 heterocycles. The normalized spacial score (nSPS) is 18.7. The van der Waals surface area contributed by atoms with Crippen LogP contribution in [0.5, 0.6) is 0 Å². The molecule has 18 heavy (non-hydrogen) atoms. The summed E-state index contributed by atoms with van der Waals surface area (Å²) in [5, 5.41) is 29.4. The fraction of sp³-hybridized carbons (Fsp3) is 0.545. The van der Waals surface area contributed by atoms with Crippen molar-refractivity contribution in [3.63, 3.8) is 0 Å². The highest BCUT2D eigenvalue weighted by atomic mass is 16.6. The van der Waals surface area contributed by atoms with Gasteiger partial charge in [-0.05, 0) is 28.8 Å². The Labute approximate surface area is 104 Å². The Morgan fingerprint density at radius 1 is 1.44 bits per heavy atom. The largest absolute Gasteiger partial charge is 0.393 e. The number of nitro groups is 1. The predicted octanol–water partition coefficient (Wildman–Crippen LogP) is 0.313. The average molecular weight is 253 g/mol. The maximum Gasteiger partial charge on any atom is 0.363 e. The number of aliphatic hydroxyl groups excluding tert-OH is 1. The van der Waals surface area contributed by atoms with Gasteiger partial charge in [-0.1, -0.05) is 0 Å². The van der Waals surface area contributed by atoms with Gasteiger partial charge < -0.3 is 25.2 Å². The molecule has 7 nitrogen and oxygen atoms in total. The molecule has 1 aromatic rings. The van der Waals surface area contributed by atoms with Crippen molar-refractivity contribution < 1.29 is 15.1 Å². The van der Waals surface area contributed by atoms with Crippen LogP contribution < -0.4 is 4.90 Å². The highest BCUT2D eigenvalue weighted by Crippen LogP contribution is 2.26. The molecular weight excluding hydrogens is 238 g/mol. The zero-order valence-electron chi connectivity index (χ0n) is 9.82. The molecule has 1 saturated heterocycles. The molecule has 0 atom stereocenters. The molecule has 98 valence electrons. The van der Waals surface area contributed by atoms with Gasteiger partial charge in [0.05, 0.1) is 17.9 Å². The van der Waals surface area contributed by atoms with Gasteiger partial charge in [0.1, 0.15) is 0 Å². The molecule has 7 heteroatoms. The lowest BCUT2D eigenvalue weighted by Crippen LogP contribution is -2.46. The predicted molar refractivity (Wildman–Crippen MR) is 64.4 cm³/mol. The van der Waals surface area contributed by atoms with E-state index in [1.807, 2.05) is 4.90 Å². The molecule has 2 rings (SSSR count). The summed E-state index contributed by atoms with van der Waals surface area (Å²) in [5.41, 5.74) is -0.203. The monoisotopic (exact) mass is 253 g/mol. The van der Waals surface area contributed by atoms with Crippen LogP contribution in [0.25, 0.3) is 0 Å². The minimum atomic E-state index is -0.995. The molecule has 1 fully saturated rings. The lowest BCUT2D eigenvalue weighted by molar-refractivity contribution is -0.389. The summed E-state index contributed by atoms with van der Waals surface area (Å²) in [7, 11) is 0. The van der Waals surface area contributed by atoms with E-state index >= 15 is 0 Å². The van der Waals surface area contributed by atoms with E-state index in [1.54, 1.807) is 6.07 Å². The van der Waals surface area contributed by atoms with E-state index in [0.717, 1.165) is 5.69 Å². The van der Waals surface area contributed by atoms with Crippen LogP contribution in [0.3, 0.4) is 0 Å². The van der Waals surface area contributed by atoms with Crippen LogP contribution in [0.15, 0.2) is 18.3 Å². The van der Waals surface area contributed by atoms with Crippen LogP contribution in [0.4, 0.5) is 11.5 Å². The summed E-state index contributed by atoms with van der Waals surface area (Å²) in [6.45, 7) is 0.951. The first kappa shape index (κ1) is 12.7. The quantitative estimate of drug-likeness (QED) is 0.594. The van der Waals surface area contributed by atoms with Gasteiger partial charge in [0.25, 0.3) is 0 Å². The second kappa shape index (κ2) is 4.87. The number of aliphatic hydroxyl groups is 2. The van der Waals surface area contributed by atoms with Gasteiger partial charge in [0, 0.05) is 19.2 Å². The summed E-state index contributed by atoms with van der Waals surface area (Å²) in [6, 6.07) is 3.01. The SMILES string of the molecule is O=[N+]([O-])c1ccc(N2CCC(O)(CO)CC2)cn1. The average Bonchev–Trinajstić information content (AvgIpc) is 2.40. The fourth-order valence-corrected chi connectivity index (χ4v) is 2.01. The van der Waals surface area contributed by atoms with E-state index in [2.05, 4.69) is 4.98 Å². The molecule has 1 aliphatic rings. The van der Waals surface area contributed by atoms with Crippen LogP contribution >= 0.6 is 0 Å². The van der Waals surface area contributed by atoms with Crippen molar-refractivity contribution in [2.24, 2.45) is 0 Å². The van der Waals surface area contributed by atoms with Gasteiger partial charge in [-0.25, -0.2) is 0 Å². The molecule has 0 radical (unpaired) electrons. The molecule has 0 unspecified atom stereocenters. The standard InChI is InChI=1S/C11H15N3O4/c15-8-11(16)3-5-13(6-4-11)9-1-2-10(12-7-9)14(17)18/h1-2,7,15-16H,3-6,8H2. The molecule has 0 aromatic carbocycles. The first-order valence-electron chi connectivity index (χ1n) is 5.73. The maximum absolute atomic E-state index is 10.5. The van der Waals surface area contributed by atoms with E-state index < -0.39 is 10.5 Å². The van der Waals surface area contributed by atoms with Gasteiger partial charge >= 0.3 is 5.82 Å². The Hall–Kier alpha value is -1.73. The number of pyridine rings is 1. The van der Waals surface area contributed by atoms with Crippen LogP contribution in [0.2, 0.25) is 0 Å². The number of nitrogens with zero attached hydrogens (tertiary/aromatic N) is 3. The van der Waals surface area contributed by atoms with Crippen molar-refractivity contribution in [2.45, 2.75) is 18.4 Å². The van der Waals surface area contributed by atoms with Crippen molar-refractivity contribution in [3.8, 4) is 0 Å².